The van der Waals surface area contributed by atoms with Crippen molar-refractivity contribution in [3.05, 3.63) is 44.1 Å². The van der Waals surface area contributed by atoms with Gasteiger partial charge in [0.2, 0.25) is 0 Å². The van der Waals surface area contributed by atoms with Gasteiger partial charge in [-0.05, 0) is 60.5 Å². The Bertz CT molecular complexity index is 612. The molecule has 2 aromatic rings. The zero-order chi connectivity index (χ0) is 15.4. The molecule has 0 N–H and O–H groups in total. The smallest absolute Gasteiger partial charge is 0.161 e. The summed E-state index contributed by atoms with van der Waals surface area (Å²) < 4.78 is 12.3. The normalized spacial score (nSPS) is 12.2. The van der Waals surface area contributed by atoms with Crippen molar-refractivity contribution in [3.63, 3.8) is 0 Å². The van der Waals surface area contributed by atoms with Crippen LogP contribution in [0.5, 0.6) is 11.5 Å². The van der Waals surface area contributed by atoms with Crippen molar-refractivity contribution in [2.45, 2.75) is 26.1 Å². The second-order valence-electron chi connectivity index (χ2n) is 4.50. The molecule has 0 saturated heterocycles. The van der Waals surface area contributed by atoms with E-state index in [2.05, 4.69) is 28.9 Å². The molecule has 0 bridgehead atoms. The number of hydrogen-bond donors (Lipinski definition) is 0. The van der Waals surface area contributed by atoms with Gasteiger partial charge in [0.15, 0.2) is 11.5 Å². The Hall–Kier alpha value is -0.710. The molecule has 0 aliphatic carbocycles. The quantitative estimate of drug-likeness (QED) is 0.569. The third-order valence-corrected chi connectivity index (χ3v) is 5.56. The summed E-state index contributed by atoms with van der Waals surface area (Å²) in [5, 5.41) is -0.201. The third-order valence-electron chi connectivity index (χ3n) is 2.93. The molecule has 2 nitrogen and oxygen atoms in total. The van der Waals surface area contributed by atoms with Crippen LogP contribution in [-0.2, 0) is 0 Å². The predicted octanol–water partition coefficient (Wildman–Crippen LogP) is 5.94. The van der Waals surface area contributed by atoms with Crippen LogP contribution in [0, 0.1) is 6.92 Å². The summed E-state index contributed by atoms with van der Waals surface area (Å²) >= 11 is 11.9. The lowest BCUT2D eigenvalue weighted by atomic mass is 10.1. The highest BCUT2D eigenvalue weighted by Crippen LogP contribution is 2.41. The maximum Gasteiger partial charge on any atom is 0.161 e. The highest BCUT2D eigenvalue weighted by molar-refractivity contribution is 9.10. The zero-order valence-electron chi connectivity index (χ0n) is 12.3. The maximum atomic E-state index is 6.64. The molecule has 0 radical (unpaired) electrons. The van der Waals surface area contributed by atoms with Gasteiger partial charge in [-0.3, -0.25) is 0 Å². The van der Waals surface area contributed by atoms with Crippen LogP contribution >= 0.6 is 38.9 Å². The average molecular weight is 390 g/mol. The van der Waals surface area contributed by atoms with E-state index < -0.39 is 0 Å². The Kier molecular flexibility index (Phi) is 5.97. The van der Waals surface area contributed by atoms with Crippen molar-refractivity contribution < 1.29 is 9.47 Å². The number of thiophene rings is 1. The first-order valence-electron chi connectivity index (χ1n) is 6.86. The van der Waals surface area contributed by atoms with E-state index >= 15 is 0 Å². The molecule has 0 saturated carbocycles. The molecule has 1 heterocycles. The fourth-order valence-electron chi connectivity index (χ4n) is 2.05. The number of rotatable bonds is 6. The SMILES string of the molecule is CCOc1ccc(C(Cl)c2sc(C)cc2Br)cc1OCC. The van der Waals surface area contributed by atoms with Crippen LogP contribution in [0.25, 0.3) is 0 Å². The number of halogens is 2. The van der Waals surface area contributed by atoms with Gasteiger partial charge in [0, 0.05) is 14.2 Å². The summed E-state index contributed by atoms with van der Waals surface area (Å²) in [6.07, 6.45) is 0. The Morgan fingerprint density at radius 3 is 2.38 bits per heavy atom. The summed E-state index contributed by atoms with van der Waals surface area (Å²) in [5.74, 6) is 1.50. The molecule has 0 fully saturated rings. The molecule has 0 spiro atoms. The van der Waals surface area contributed by atoms with Gasteiger partial charge in [-0.2, -0.15) is 0 Å². The molecule has 21 heavy (non-hydrogen) atoms. The number of hydrogen-bond acceptors (Lipinski definition) is 3. The van der Waals surface area contributed by atoms with Crippen LogP contribution in [0.1, 0.15) is 34.5 Å². The highest BCUT2D eigenvalue weighted by Gasteiger charge is 2.18. The highest BCUT2D eigenvalue weighted by atomic mass is 79.9. The van der Waals surface area contributed by atoms with E-state index in [0.29, 0.717) is 13.2 Å². The van der Waals surface area contributed by atoms with Crippen LogP contribution < -0.4 is 9.47 Å². The van der Waals surface area contributed by atoms with Crippen LogP contribution in [0.3, 0.4) is 0 Å². The van der Waals surface area contributed by atoms with Crippen LogP contribution in [0.4, 0.5) is 0 Å². The second-order valence-corrected chi connectivity index (χ2v) is 7.08. The third kappa shape index (κ3) is 3.93. The van der Waals surface area contributed by atoms with Crippen LogP contribution in [-0.4, -0.2) is 13.2 Å². The van der Waals surface area contributed by atoms with Gasteiger partial charge < -0.3 is 9.47 Å². The molecule has 0 amide bonds. The summed E-state index contributed by atoms with van der Waals surface area (Å²) in [4.78, 5) is 2.35. The number of aryl methyl sites for hydroxylation is 1. The molecule has 0 aliphatic heterocycles. The maximum absolute atomic E-state index is 6.64. The lowest BCUT2D eigenvalue weighted by Gasteiger charge is -2.15. The molecular formula is C16H18BrClO2S. The fraction of sp³-hybridized carbons (Fsp3) is 0.375. The van der Waals surface area contributed by atoms with Gasteiger partial charge in [0.05, 0.1) is 18.6 Å². The van der Waals surface area contributed by atoms with E-state index in [-0.39, 0.29) is 5.38 Å². The number of benzene rings is 1. The molecule has 1 atom stereocenters. The molecule has 1 unspecified atom stereocenters. The molecule has 0 aliphatic rings. The molecule has 5 heteroatoms. The minimum atomic E-state index is -0.201. The van der Waals surface area contributed by atoms with Gasteiger partial charge in [-0.25, -0.2) is 0 Å². The predicted molar refractivity (Wildman–Crippen MR) is 93.2 cm³/mol. The minimum Gasteiger partial charge on any atom is -0.490 e. The van der Waals surface area contributed by atoms with Crippen molar-refractivity contribution in [2.24, 2.45) is 0 Å². The molecule has 1 aromatic carbocycles. The zero-order valence-corrected chi connectivity index (χ0v) is 15.4. The van der Waals surface area contributed by atoms with E-state index in [9.17, 15) is 0 Å². The van der Waals surface area contributed by atoms with Crippen LogP contribution in [0.15, 0.2) is 28.7 Å². The van der Waals surface area contributed by atoms with Crippen LogP contribution in [0.2, 0.25) is 0 Å². The monoisotopic (exact) mass is 388 g/mol. The Morgan fingerprint density at radius 2 is 1.81 bits per heavy atom. The van der Waals surface area contributed by atoms with Gasteiger partial charge >= 0.3 is 0 Å². The van der Waals surface area contributed by atoms with Gasteiger partial charge in [-0.15, -0.1) is 22.9 Å². The van der Waals surface area contributed by atoms with E-state index in [0.717, 1.165) is 26.4 Å². The van der Waals surface area contributed by atoms with Gasteiger partial charge in [-0.1, -0.05) is 6.07 Å². The lowest BCUT2D eigenvalue weighted by molar-refractivity contribution is 0.287. The summed E-state index contributed by atoms with van der Waals surface area (Å²) in [6, 6.07) is 7.97. The van der Waals surface area contributed by atoms with E-state index in [1.165, 1.54) is 4.88 Å². The lowest BCUT2D eigenvalue weighted by Crippen LogP contribution is -2.00. The topological polar surface area (TPSA) is 18.5 Å². The molecule has 1 aromatic heterocycles. The fourth-order valence-corrected chi connectivity index (χ4v) is 4.46. The number of ether oxygens (including phenoxy) is 2. The Balaban J connectivity index is 2.35. The van der Waals surface area contributed by atoms with Crippen molar-refractivity contribution in [3.8, 4) is 11.5 Å². The first-order valence-corrected chi connectivity index (χ1v) is 8.90. The standard InChI is InChI=1S/C16H18BrClO2S/c1-4-19-13-7-6-11(9-14(13)20-5-2)15(18)16-12(17)8-10(3)21-16/h6-9,15H,4-5H2,1-3H3. The van der Waals surface area contributed by atoms with Crippen molar-refractivity contribution in [1.29, 1.82) is 0 Å². The van der Waals surface area contributed by atoms with E-state index in [4.69, 9.17) is 21.1 Å². The summed E-state index contributed by atoms with van der Waals surface area (Å²) in [7, 11) is 0. The Morgan fingerprint density at radius 1 is 1.14 bits per heavy atom. The largest absolute Gasteiger partial charge is 0.490 e. The molecule has 2 rings (SSSR count). The minimum absolute atomic E-state index is 0.201. The summed E-state index contributed by atoms with van der Waals surface area (Å²) in [6.45, 7) is 7.20. The van der Waals surface area contributed by atoms with Gasteiger partial charge in [0.25, 0.3) is 0 Å². The second kappa shape index (κ2) is 7.52. The first kappa shape index (κ1) is 16.7. The molecular weight excluding hydrogens is 372 g/mol. The van der Waals surface area contributed by atoms with Gasteiger partial charge in [0.1, 0.15) is 0 Å². The Labute approximate surface area is 143 Å². The van der Waals surface area contributed by atoms with E-state index in [1.807, 2.05) is 32.0 Å². The van der Waals surface area contributed by atoms with E-state index in [1.54, 1.807) is 11.3 Å². The number of alkyl halides is 1. The average Bonchev–Trinajstić information content (AvgIpc) is 2.79. The first-order chi connectivity index (χ1) is 10.1. The van der Waals surface area contributed by atoms with Crippen molar-refractivity contribution in [1.82, 2.24) is 0 Å². The molecule has 114 valence electrons. The summed E-state index contributed by atoms with van der Waals surface area (Å²) in [5.41, 5.74) is 1.01. The van der Waals surface area contributed by atoms with Crippen molar-refractivity contribution in [2.75, 3.05) is 13.2 Å². The van der Waals surface area contributed by atoms with Crippen molar-refractivity contribution >= 4 is 38.9 Å².